The molecule has 0 atom stereocenters. The van der Waals surface area contributed by atoms with Gasteiger partial charge in [0.25, 0.3) is 0 Å². The molecule has 0 unspecified atom stereocenters. The summed E-state index contributed by atoms with van der Waals surface area (Å²) in [7, 11) is 0. The van der Waals surface area contributed by atoms with Crippen LogP contribution in [0.15, 0.2) is 46.9 Å². The van der Waals surface area contributed by atoms with E-state index in [0.717, 1.165) is 30.1 Å². The number of allylic oxidation sites excluding steroid dienone is 4. The summed E-state index contributed by atoms with van der Waals surface area (Å²) in [6.07, 6.45) is 6.50. The van der Waals surface area contributed by atoms with Gasteiger partial charge >= 0.3 is 0 Å². The maximum absolute atomic E-state index is 4.35. The summed E-state index contributed by atoms with van der Waals surface area (Å²) in [5.41, 5.74) is 1.78. The van der Waals surface area contributed by atoms with Crippen LogP contribution in [0.4, 0.5) is 0 Å². The van der Waals surface area contributed by atoms with Crippen LogP contribution >= 0.6 is 0 Å². The van der Waals surface area contributed by atoms with Gasteiger partial charge in [0.15, 0.2) is 0 Å². The predicted molar refractivity (Wildman–Crippen MR) is 69.9 cm³/mol. The summed E-state index contributed by atoms with van der Waals surface area (Å²) >= 11 is 0. The number of aliphatic imine (C=N–C) groups is 2. The molecule has 0 aromatic rings. The second kappa shape index (κ2) is 7.92. The Labute approximate surface area is 92.8 Å². The fraction of sp³-hybridized carbons (Fsp3) is 0.385. The molecule has 0 saturated heterocycles. The average Bonchev–Trinajstić information content (AvgIpc) is 2.22. The molecule has 0 aliphatic heterocycles. The van der Waals surface area contributed by atoms with Crippen LogP contribution < -0.4 is 0 Å². The molecule has 0 saturated carbocycles. The molecule has 0 aromatic heterocycles. The van der Waals surface area contributed by atoms with E-state index in [1.165, 1.54) is 0 Å². The first kappa shape index (κ1) is 13.6. The normalized spacial score (nSPS) is 13.3. The zero-order chi connectivity index (χ0) is 11.7. The van der Waals surface area contributed by atoms with Crippen LogP contribution in [-0.4, -0.2) is 18.1 Å². The van der Waals surface area contributed by atoms with Gasteiger partial charge in [0, 0.05) is 12.3 Å². The molecule has 0 aliphatic rings. The lowest BCUT2D eigenvalue weighted by Gasteiger charge is -1.99. The SMILES string of the molecule is C=C/C=C\C(=C)C(C)=NC(C)=NCCC. The Morgan fingerprint density at radius 3 is 2.53 bits per heavy atom. The molecule has 0 fully saturated rings. The van der Waals surface area contributed by atoms with Crippen LogP contribution in [0.2, 0.25) is 0 Å². The van der Waals surface area contributed by atoms with E-state index >= 15 is 0 Å². The third-order valence-corrected chi connectivity index (χ3v) is 1.79. The van der Waals surface area contributed by atoms with Crippen molar-refractivity contribution >= 4 is 11.5 Å². The van der Waals surface area contributed by atoms with Crippen molar-refractivity contribution in [1.82, 2.24) is 0 Å². The molecule has 0 N–H and O–H groups in total. The summed E-state index contributed by atoms with van der Waals surface area (Å²) in [4.78, 5) is 8.64. The van der Waals surface area contributed by atoms with Gasteiger partial charge in [-0.25, -0.2) is 4.99 Å². The fourth-order valence-corrected chi connectivity index (χ4v) is 0.928. The summed E-state index contributed by atoms with van der Waals surface area (Å²) in [6.45, 7) is 14.3. The summed E-state index contributed by atoms with van der Waals surface area (Å²) in [5, 5.41) is 0. The third kappa shape index (κ3) is 6.61. The van der Waals surface area contributed by atoms with Gasteiger partial charge in [-0.1, -0.05) is 38.3 Å². The van der Waals surface area contributed by atoms with Gasteiger partial charge in [-0.15, -0.1) is 0 Å². The smallest absolute Gasteiger partial charge is 0.120 e. The van der Waals surface area contributed by atoms with Crippen molar-refractivity contribution in [2.45, 2.75) is 27.2 Å². The average molecular weight is 204 g/mol. The highest BCUT2D eigenvalue weighted by molar-refractivity contribution is 6.06. The highest BCUT2D eigenvalue weighted by atomic mass is 14.9. The molecule has 0 amide bonds. The summed E-state index contributed by atoms with van der Waals surface area (Å²) in [5.74, 6) is 0.808. The summed E-state index contributed by atoms with van der Waals surface area (Å²) < 4.78 is 0. The van der Waals surface area contributed by atoms with E-state index in [2.05, 4.69) is 30.1 Å². The van der Waals surface area contributed by atoms with E-state index in [1.807, 2.05) is 26.0 Å². The second-order valence-corrected chi connectivity index (χ2v) is 3.25. The second-order valence-electron chi connectivity index (χ2n) is 3.25. The number of amidine groups is 1. The van der Waals surface area contributed by atoms with Gasteiger partial charge in [-0.05, 0) is 25.8 Å². The van der Waals surface area contributed by atoms with Gasteiger partial charge in [0.1, 0.15) is 5.84 Å². The lowest BCUT2D eigenvalue weighted by atomic mass is 10.2. The largest absolute Gasteiger partial charge is 0.271 e. The van der Waals surface area contributed by atoms with Crippen molar-refractivity contribution < 1.29 is 0 Å². The highest BCUT2D eigenvalue weighted by Gasteiger charge is 1.94. The van der Waals surface area contributed by atoms with Crippen molar-refractivity contribution in [3.8, 4) is 0 Å². The summed E-state index contributed by atoms with van der Waals surface area (Å²) in [6, 6.07) is 0. The molecule has 2 heteroatoms. The Balaban J connectivity index is 4.48. The van der Waals surface area contributed by atoms with E-state index in [0.29, 0.717) is 0 Å². The molecule has 0 aromatic carbocycles. The first-order chi connectivity index (χ1) is 7.11. The monoisotopic (exact) mass is 204 g/mol. The van der Waals surface area contributed by atoms with Crippen LogP contribution in [0.3, 0.4) is 0 Å². The zero-order valence-corrected chi connectivity index (χ0v) is 9.95. The number of hydrogen-bond acceptors (Lipinski definition) is 1. The van der Waals surface area contributed by atoms with E-state index in [-0.39, 0.29) is 0 Å². The van der Waals surface area contributed by atoms with Crippen molar-refractivity contribution in [3.05, 3.63) is 37.0 Å². The predicted octanol–water partition coefficient (Wildman–Crippen LogP) is 3.57. The minimum absolute atomic E-state index is 0.808. The van der Waals surface area contributed by atoms with Gasteiger partial charge in [-0.2, -0.15) is 0 Å². The standard InChI is InChI=1S/C13H20N2/c1-6-8-9-11(3)12(4)15-13(5)14-10-7-2/h6,8-9H,1,3,7,10H2,2,4-5H3/b9-8-,14-13?,15-12?. The maximum atomic E-state index is 4.35. The van der Waals surface area contributed by atoms with E-state index in [4.69, 9.17) is 0 Å². The zero-order valence-electron chi connectivity index (χ0n) is 9.95. The van der Waals surface area contributed by atoms with Crippen molar-refractivity contribution in [2.24, 2.45) is 9.98 Å². The first-order valence-electron chi connectivity index (χ1n) is 5.16. The molecule has 0 heterocycles. The van der Waals surface area contributed by atoms with Crippen LogP contribution in [0, 0.1) is 0 Å². The molecule has 2 nitrogen and oxygen atoms in total. The molecule has 0 aliphatic carbocycles. The van der Waals surface area contributed by atoms with Gasteiger partial charge in [0.05, 0.1) is 0 Å². The molecule has 0 bridgehead atoms. The van der Waals surface area contributed by atoms with Crippen LogP contribution in [0.5, 0.6) is 0 Å². The number of nitrogens with zero attached hydrogens (tertiary/aromatic N) is 2. The van der Waals surface area contributed by atoms with Crippen LogP contribution in [-0.2, 0) is 0 Å². The number of rotatable bonds is 5. The fourth-order valence-electron chi connectivity index (χ4n) is 0.928. The minimum atomic E-state index is 0.808. The van der Waals surface area contributed by atoms with Gasteiger partial charge in [0.2, 0.25) is 0 Å². The topological polar surface area (TPSA) is 24.7 Å². The van der Waals surface area contributed by atoms with Crippen molar-refractivity contribution in [1.29, 1.82) is 0 Å². The van der Waals surface area contributed by atoms with Gasteiger partial charge in [-0.3, -0.25) is 4.99 Å². The molecular weight excluding hydrogens is 184 g/mol. The van der Waals surface area contributed by atoms with Gasteiger partial charge < -0.3 is 0 Å². The quantitative estimate of drug-likeness (QED) is 0.371. The molecule has 82 valence electrons. The maximum Gasteiger partial charge on any atom is 0.120 e. The molecule has 0 spiro atoms. The van der Waals surface area contributed by atoms with E-state index in [1.54, 1.807) is 6.08 Å². The lowest BCUT2D eigenvalue weighted by Crippen LogP contribution is -1.98. The minimum Gasteiger partial charge on any atom is -0.271 e. The Hall–Kier alpha value is -1.44. The Morgan fingerprint density at radius 2 is 2.00 bits per heavy atom. The molecular formula is C13H20N2. The first-order valence-corrected chi connectivity index (χ1v) is 5.16. The Bertz CT molecular complexity index is 306. The molecule has 0 radical (unpaired) electrons. The highest BCUT2D eigenvalue weighted by Crippen LogP contribution is 1.98. The Morgan fingerprint density at radius 1 is 1.33 bits per heavy atom. The van der Waals surface area contributed by atoms with Crippen LogP contribution in [0.1, 0.15) is 27.2 Å². The Kier molecular flexibility index (Phi) is 7.16. The lowest BCUT2D eigenvalue weighted by molar-refractivity contribution is 0.929. The van der Waals surface area contributed by atoms with Crippen molar-refractivity contribution in [2.75, 3.05) is 6.54 Å². The van der Waals surface area contributed by atoms with E-state index in [9.17, 15) is 0 Å². The van der Waals surface area contributed by atoms with Crippen LogP contribution in [0.25, 0.3) is 0 Å². The van der Waals surface area contributed by atoms with Crippen molar-refractivity contribution in [3.63, 3.8) is 0 Å². The number of hydrogen-bond donors (Lipinski definition) is 0. The molecule has 15 heavy (non-hydrogen) atoms. The van der Waals surface area contributed by atoms with E-state index < -0.39 is 0 Å². The third-order valence-electron chi connectivity index (χ3n) is 1.79. The molecule has 0 rings (SSSR count).